The van der Waals surface area contributed by atoms with Gasteiger partial charge in [-0.25, -0.2) is 4.98 Å². The van der Waals surface area contributed by atoms with E-state index in [0.29, 0.717) is 28.7 Å². The SMILES string of the molecule is CCc1nc2ccc(Br)cc2c(=O)n1N=Cc1cc(OC)c(OCc2ccccc2)c([N+](=O)[O-])c1. The number of methoxy groups -OCH3 is 1. The summed E-state index contributed by atoms with van der Waals surface area (Å²) in [5.74, 6) is 0.660. The van der Waals surface area contributed by atoms with Gasteiger partial charge in [0.05, 0.1) is 29.2 Å². The molecule has 1 aromatic heterocycles. The maximum Gasteiger partial charge on any atom is 0.315 e. The Morgan fingerprint density at radius 3 is 2.63 bits per heavy atom. The summed E-state index contributed by atoms with van der Waals surface area (Å²) in [6, 6.07) is 17.5. The van der Waals surface area contributed by atoms with Crippen molar-refractivity contribution in [2.45, 2.75) is 20.0 Å². The minimum atomic E-state index is -0.543. The van der Waals surface area contributed by atoms with Crippen LogP contribution in [0.3, 0.4) is 0 Å². The van der Waals surface area contributed by atoms with Gasteiger partial charge in [0.15, 0.2) is 5.75 Å². The molecule has 0 atom stereocenters. The van der Waals surface area contributed by atoms with E-state index in [4.69, 9.17) is 9.47 Å². The topological polar surface area (TPSA) is 109 Å². The first kappa shape index (κ1) is 24.1. The van der Waals surface area contributed by atoms with Gasteiger partial charge in [0.2, 0.25) is 5.75 Å². The molecule has 0 saturated carbocycles. The van der Waals surface area contributed by atoms with Crippen molar-refractivity contribution < 1.29 is 14.4 Å². The second-order valence-corrected chi connectivity index (χ2v) is 8.42. The van der Waals surface area contributed by atoms with Crippen LogP contribution in [-0.4, -0.2) is 27.9 Å². The fourth-order valence-corrected chi connectivity index (χ4v) is 3.87. The van der Waals surface area contributed by atoms with Gasteiger partial charge in [-0.15, -0.1) is 0 Å². The Morgan fingerprint density at radius 1 is 1.17 bits per heavy atom. The molecule has 0 aliphatic rings. The van der Waals surface area contributed by atoms with E-state index in [1.54, 1.807) is 18.2 Å². The van der Waals surface area contributed by atoms with Gasteiger partial charge in [-0.2, -0.15) is 9.78 Å². The number of halogens is 1. The number of benzene rings is 3. The maximum absolute atomic E-state index is 13.1. The van der Waals surface area contributed by atoms with Crippen LogP contribution in [0.2, 0.25) is 0 Å². The number of rotatable bonds is 8. The van der Waals surface area contributed by atoms with Gasteiger partial charge in [-0.05, 0) is 29.8 Å². The molecule has 1 heterocycles. The molecule has 0 radical (unpaired) electrons. The largest absolute Gasteiger partial charge is 0.493 e. The quantitative estimate of drug-likeness (QED) is 0.176. The van der Waals surface area contributed by atoms with Crippen LogP contribution in [0.1, 0.15) is 23.9 Å². The average molecular weight is 537 g/mol. The van der Waals surface area contributed by atoms with Crippen molar-refractivity contribution in [2.75, 3.05) is 7.11 Å². The third-order valence-corrected chi connectivity index (χ3v) is 5.71. The van der Waals surface area contributed by atoms with Gasteiger partial charge >= 0.3 is 5.69 Å². The molecule has 35 heavy (non-hydrogen) atoms. The Morgan fingerprint density at radius 2 is 1.94 bits per heavy atom. The first-order valence-electron chi connectivity index (χ1n) is 10.7. The predicted molar refractivity (Wildman–Crippen MR) is 136 cm³/mol. The Labute approximate surface area is 208 Å². The number of nitro benzene ring substituents is 1. The Hall–Kier alpha value is -4.05. The van der Waals surface area contributed by atoms with Crippen LogP contribution in [0.5, 0.6) is 11.5 Å². The highest BCUT2D eigenvalue weighted by Crippen LogP contribution is 2.38. The number of aryl methyl sites for hydroxylation is 1. The van der Waals surface area contributed by atoms with Crippen molar-refractivity contribution in [1.29, 1.82) is 0 Å². The van der Waals surface area contributed by atoms with E-state index in [1.165, 1.54) is 24.1 Å². The van der Waals surface area contributed by atoms with Crippen molar-refractivity contribution in [1.82, 2.24) is 9.66 Å². The van der Waals surface area contributed by atoms with E-state index in [-0.39, 0.29) is 29.4 Å². The molecule has 0 amide bonds. The van der Waals surface area contributed by atoms with Crippen LogP contribution < -0.4 is 15.0 Å². The normalized spacial score (nSPS) is 11.2. The first-order valence-corrected chi connectivity index (χ1v) is 11.5. The summed E-state index contributed by atoms with van der Waals surface area (Å²) in [5.41, 5.74) is 1.18. The number of nitrogens with zero attached hydrogens (tertiary/aromatic N) is 4. The Balaban J connectivity index is 1.74. The molecule has 178 valence electrons. The van der Waals surface area contributed by atoms with Crippen molar-refractivity contribution in [2.24, 2.45) is 5.10 Å². The van der Waals surface area contributed by atoms with E-state index in [9.17, 15) is 14.9 Å². The van der Waals surface area contributed by atoms with E-state index in [2.05, 4.69) is 26.0 Å². The number of hydrogen-bond acceptors (Lipinski definition) is 7. The van der Waals surface area contributed by atoms with E-state index >= 15 is 0 Å². The summed E-state index contributed by atoms with van der Waals surface area (Å²) in [6.45, 7) is 2.00. The lowest BCUT2D eigenvalue weighted by atomic mass is 10.1. The summed E-state index contributed by atoms with van der Waals surface area (Å²) in [4.78, 5) is 28.9. The van der Waals surface area contributed by atoms with Crippen molar-refractivity contribution in [3.05, 3.63) is 103 Å². The number of nitro groups is 1. The van der Waals surface area contributed by atoms with Crippen LogP contribution in [-0.2, 0) is 13.0 Å². The van der Waals surface area contributed by atoms with Crippen LogP contribution >= 0.6 is 15.9 Å². The van der Waals surface area contributed by atoms with E-state index in [1.807, 2.05) is 43.3 Å². The van der Waals surface area contributed by atoms with Crippen molar-refractivity contribution in [3.8, 4) is 11.5 Å². The molecule has 0 unspecified atom stereocenters. The van der Waals surface area contributed by atoms with E-state index < -0.39 is 4.92 Å². The zero-order valence-electron chi connectivity index (χ0n) is 19.0. The minimum Gasteiger partial charge on any atom is -0.493 e. The van der Waals surface area contributed by atoms with Crippen LogP contribution in [0.4, 0.5) is 5.69 Å². The Kier molecular flexibility index (Phi) is 7.21. The summed E-state index contributed by atoms with van der Waals surface area (Å²) in [5, 5.41) is 16.5. The maximum atomic E-state index is 13.1. The van der Waals surface area contributed by atoms with E-state index in [0.717, 1.165) is 10.0 Å². The van der Waals surface area contributed by atoms with Gasteiger partial charge in [0.25, 0.3) is 5.56 Å². The average Bonchev–Trinajstić information content (AvgIpc) is 2.87. The number of hydrogen-bond donors (Lipinski definition) is 0. The summed E-state index contributed by atoms with van der Waals surface area (Å²) in [6.07, 6.45) is 1.83. The number of aromatic nitrogens is 2. The molecule has 0 fully saturated rings. The fourth-order valence-electron chi connectivity index (χ4n) is 3.51. The zero-order chi connectivity index (χ0) is 24.9. The smallest absolute Gasteiger partial charge is 0.315 e. The zero-order valence-corrected chi connectivity index (χ0v) is 20.6. The van der Waals surface area contributed by atoms with Crippen molar-refractivity contribution in [3.63, 3.8) is 0 Å². The highest BCUT2D eigenvalue weighted by atomic mass is 79.9. The van der Waals surface area contributed by atoms with Crippen LogP contribution in [0.25, 0.3) is 10.9 Å². The van der Waals surface area contributed by atoms with Crippen LogP contribution in [0.15, 0.2) is 75.0 Å². The highest BCUT2D eigenvalue weighted by molar-refractivity contribution is 9.10. The molecule has 0 aliphatic carbocycles. The van der Waals surface area contributed by atoms with Crippen LogP contribution in [0, 0.1) is 10.1 Å². The summed E-state index contributed by atoms with van der Waals surface area (Å²) in [7, 11) is 1.40. The molecule has 3 aromatic carbocycles. The minimum absolute atomic E-state index is 0.0159. The molecule has 9 nitrogen and oxygen atoms in total. The monoisotopic (exact) mass is 536 g/mol. The van der Waals surface area contributed by atoms with Crippen molar-refractivity contribution >= 4 is 38.7 Å². The predicted octanol–water partition coefficient (Wildman–Crippen LogP) is 5.10. The molecule has 0 N–H and O–H groups in total. The third kappa shape index (κ3) is 5.22. The second kappa shape index (κ2) is 10.5. The highest BCUT2D eigenvalue weighted by Gasteiger charge is 2.22. The molecular formula is C25H21BrN4O5. The summed E-state index contributed by atoms with van der Waals surface area (Å²) < 4.78 is 13.1. The molecule has 10 heteroatoms. The number of ether oxygens (including phenoxy) is 2. The third-order valence-electron chi connectivity index (χ3n) is 5.21. The molecule has 0 bridgehead atoms. The standard InChI is InChI=1S/C25H21BrN4O5/c1-3-23-28-20-10-9-18(26)13-19(20)25(31)29(23)27-14-17-11-21(30(32)33)24(22(12-17)34-2)35-15-16-7-5-4-6-8-16/h4-14H,3,15H2,1-2H3. The fraction of sp³-hybridized carbons (Fsp3) is 0.160. The second-order valence-electron chi connectivity index (χ2n) is 7.51. The molecular weight excluding hydrogens is 516 g/mol. The molecule has 4 aromatic rings. The summed E-state index contributed by atoms with van der Waals surface area (Å²) >= 11 is 3.37. The number of fused-ring (bicyclic) bond motifs is 1. The van der Waals surface area contributed by atoms with Gasteiger partial charge in [0, 0.05) is 22.5 Å². The lowest BCUT2D eigenvalue weighted by molar-refractivity contribution is -0.386. The first-order chi connectivity index (χ1) is 16.9. The molecule has 0 spiro atoms. The lowest BCUT2D eigenvalue weighted by Crippen LogP contribution is -2.22. The molecule has 4 rings (SSSR count). The van der Waals surface area contributed by atoms with Gasteiger partial charge in [0.1, 0.15) is 12.4 Å². The molecule has 0 aliphatic heterocycles. The lowest BCUT2D eigenvalue weighted by Gasteiger charge is -2.12. The Bertz CT molecular complexity index is 1490. The molecule has 0 saturated heterocycles. The van der Waals surface area contributed by atoms with Gasteiger partial charge in [-0.3, -0.25) is 14.9 Å². The van der Waals surface area contributed by atoms with Gasteiger partial charge in [-0.1, -0.05) is 53.2 Å². The van der Waals surface area contributed by atoms with Gasteiger partial charge < -0.3 is 9.47 Å².